The second kappa shape index (κ2) is 12.0. The molecule has 0 aliphatic heterocycles. The monoisotopic (exact) mass is 435 g/mol. The van der Waals surface area contributed by atoms with Crippen LogP contribution in [0.4, 0.5) is 0 Å². The molecule has 130 valence electrons. The Kier molecular flexibility index (Phi) is 11.2. The molecule has 7 heteroatoms. The summed E-state index contributed by atoms with van der Waals surface area (Å²) >= 11 is 0. The number of hydrogen-bond acceptors (Lipinski definition) is 4. The van der Waals surface area contributed by atoms with Gasteiger partial charge in [-0.15, -0.1) is 24.0 Å². The largest absolute Gasteiger partial charge is 0.496 e. The number of nitrogens with one attached hydrogen (secondary N) is 2. The van der Waals surface area contributed by atoms with Crippen LogP contribution in [0, 0.1) is 5.92 Å². The molecule has 0 aliphatic rings. The van der Waals surface area contributed by atoms with Crippen LogP contribution in [0.2, 0.25) is 0 Å². The van der Waals surface area contributed by atoms with Gasteiger partial charge >= 0.3 is 5.97 Å². The molecule has 1 atom stereocenters. The van der Waals surface area contributed by atoms with Crippen molar-refractivity contribution < 1.29 is 14.3 Å². The van der Waals surface area contributed by atoms with E-state index in [0.29, 0.717) is 19.0 Å². The quantitative estimate of drug-likeness (QED) is 0.296. The van der Waals surface area contributed by atoms with E-state index >= 15 is 0 Å². The molecule has 1 aromatic carbocycles. The van der Waals surface area contributed by atoms with Crippen molar-refractivity contribution in [2.45, 2.75) is 13.3 Å². The summed E-state index contributed by atoms with van der Waals surface area (Å²) in [6.45, 7) is 2.99. The number of ether oxygens (including phenoxy) is 2. The second-order valence-electron chi connectivity index (χ2n) is 4.87. The van der Waals surface area contributed by atoms with E-state index in [2.05, 4.69) is 20.4 Å². The van der Waals surface area contributed by atoms with Crippen molar-refractivity contribution in [3.05, 3.63) is 29.8 Å². The summed E-state index contributed by atoms with van der Waals surface area (Å²) in [4.78, 5) is 15.5. The Hall–Kier alpha value is -1.51. The summed E-state index contributed by atoms with van der Waals surface area (Å²) in [5.74, 6) is 1.08. The molecular weight excluding hydrogens is 409 g/mol. The molecule has 0 amide bonds. The van der Waals surface area contributed by atoms with Gasteiger partial charge in [0.1, 0.15) is 5.75 Å². The second-order valence-corrected chi connectivity index (χ2v) is 4.87. The maximum Gasteiger partial charge on any atom is 0.310 e. The van der Waals surface area contributed by atoms with Crippen molar-refractivity contribution in [2.24, 2.45) is 10.9 Å². The van der Waals surface area contributed by atoms with E-state index in [1.54, 1.807) is 21.1 Å². The number of carbonyl (C=O) groups is 1. The van der Waals surface area contributed by atoms with Gasteiger partial charge in [0, 0.05) is 20.1 Å². The summed E-state index contributed by atoms with van der Waals surface area (Å²) in [5.41, 5.74) is 1.14. The third kappa shape index (κ3) is 7.54. The lowest BCUT2D eigenvalue weighted by molar-refractivity contribution is -0.144. The Morgan fingerprint density at radius 2 is 1.96 bits per heavy atom. The fourth-order valence-corrected chi connectivity index (χ4v) is 1.98. The number of aliphatic imine (C=N–C) groups is 1. The van der Waals surface area contributed by atoms with E-state index in [4.69, 9.17) is 4.74 Å². The molecule has 2 N–H and O–H groups in total. The normalized spacial score (nSPS) is 11.9. The van der Waals surface area contributed by atoms with Gasteiger partial charge in [-0.2, -0.15) is 0 Å². The van der Waals surface area contributed by atoms with Gasteiger partial charge in [-0.1, -0.05) is 25.1 Å². The highest BCUT2D eigenvalue weighted by atomic mass is 127. The lowest BCUT2D eigenvalue weighted by Crippen LogP contribution is -2.41. The van der Waals surface area contributed by atoms with Gasteiger partial charge in [0.25, 0.3) is 0 Å². The van der Waals surface area contributed by atoms with Crippen LogP contribution in [0.15, 0.2) is 29.3 Å². The maximum atomic E-state index is 11.3. The van der Waals surface area contributed by atoms with Crippen molar-refractivity contribution in [2.75, 3.05) is 34.4 Å². The van der Waals surface area contributed by atoms with E-state index in [-0.39, 0.29) is 35.9 Å². The van der Waals surface area contributed by atoms with Gasteiger partial charge in [-0.3, -0.25) is 9.79 Å². The van der Waals surface area contributed by atoms with Crippen molar-refractivity contribution in [3.63, 3.8) is 0 Å². The van der Waals surface area contributed by atoms with Crippen molar-refractivity contribution in [1.82, 2.24) is 10.6 Å². The molecule has 0 spiro atoms. The predicted octanol–water partition coefficient (Wildman–Crippen LogP) is 1.83. The Morgan fingerprint density at radius 1 is 1.26 bits per heavy atom. The fraction of sp³-hybridized carbons (Fsp3) is 0.500. The van der Waals surface area contributed by atoms with Gasteiger partial charge in [0.15, 0.2) is 5.96 Å². The smallest absolute Gasteiger partial charge is 0.310 e. The first-order valence-electron chi connectivity index (χ1n) is 7.26. The Labute approximate surface area is 155 Å². The SMILES string of the molecule is CN=C(NCCc1ccccc1OC)NCC(C)C(=O)OC.I. The standard InChI is InChI=1S/C16H25N3O3.HI/c1-12(15(20)22-4)11-19-16(17-2)18-10-9-13-7-5-6-8-14(13)21-3;/h5-8,12H,9-11H2,1-4H3,(H2,17,18,19);1H. The molecule has 0 bridgehead atoms. The Morgan fingerprint density at radius 3 is 2.57 bits per heavy atom. The summed E-state index contributed by atoms with van der Waals surface area (Å²) < 4.78 is 10.0. The van der Waals surface area contributed by atoms with E-state index < -0.39 is 0 Å². The van der Waals surface area contributed by atoms with Crippen LogP contribution < -0.4 is 15.4 Å². The summed E-state index contributed by atoms with van der Waals surface area (Å²) in [6.07, 6.45) is 0.817. The van der Waals surface area contributed by atoms with Crippen LogP contribution in [-0.4, -0.2) is 46.3 Å². The molecule has 0 aromatic heterocycles. The third-order valence-electron chi connectivity index (χ3n) is 3.28. The average molecular weight is 435 g/mol. The molecule has 1 rings (SSSR count). The van der Waals surface area contributed by atoms with E-state index in [1.165, 1.54) is 7.11 Å². The number of methoxy groups -OCH3 is 2. The first-order valence-corrected chi connectivity index (χ1v) is 7.26. The van der Waals surface area contributed by atoms with Crippen molar-refractivity contribution in [3.8, 4) is 5.75 Å². The number of benzene rings is 1. The molecule has 0 heterocycles. The summed E-state index contributed by atoms with van der Waals surface area (Å²) in [6, 6.07) is 7.92. The molecule has 0 saturated heterocycles. The van der Waals surface area contributed by atoms with Gasteiger partial charge < -0.3 is 20.1 Å². The highest BCUT2D eigenvalue weighted by Gasteiger charge is 2.13. The lowest BCUT2D eigenvalue weighted by atomic mass is 10.1. The maximum absolute atomic E-state index is 11.3. The molecule has 6 nitrogen and oxygen atoms in total. The zero-order valence-electron chi connectivity index (χ0n) is 14.1. The minimum absolute atomic E-state index is 0. The van der Waals surface area contributed by atoms with Gasteiger partial charge in [-0.25, -0.2) is 0 Å². The summed E-state index contributed by atoms with van der Waals surface area (Å²) in [7, 11) is 4.75. The number of para-hydroxylation sites is 1. The Balaban J connectivity index is 0.00000484. The molecule has 1 aromatic rings. The van der Waals surface area contributed by atoms with Gasteiger partial charge in [0.2, 0.25) is 0 Å². The number of rotatable bonds is 7. The van der Waals surface area contributed by atoms with Crippen LogP contribution in [0.25, 0.3) is 0 Å². The highest BCUT2D eigenvalue weighted by molar-refractivity contribution is 14.0. The molecule has 0 fully saturated rings. The first-order chi connectivity index (χ1) is 10.6. The highest BCUT2D eigenvalue weighted by Crippen LogP contribution is 2.17. The number of hydrogen-bond donors (Lipinski definition) is 2. The molecular formula is C16H26IN3O3. The van der Waals surface area contributed by atoms with Crippen LogP contribution in [-0.2, 0) is 16.0 Å². The van der Waals surface area contributed by atoms with Crippen molar-refractivity contribution >= 4 is 35.9 Å². The van der Waals surface area contributed by atoms with Gasteiger partial charge in [-0.05, 0) is 18.1 Å². The van der Waals surface area contributed by atoms with Crippen molar-refractivity contribution in [1.29, 1.82) is 0 Å². The average Bonchev–Trinajstić information content (AvgIpc) is 2.57. The van der Waals surface area contributed by atoms with E-state index in [0.717, 1.165) is 17.7 Å². The first kappa shape index (κ1) is 21.5. The zero-order valence-corrected chi connectivity index (χ0v) is 16.4. The zero-order chi connectivity index (χ0) is 16.4. The molecule has 1 unspecified atom stereocenters. The number of guanidine groups is 1. The molecule has 0 aliphatic carbocycles. The fourth-order valence-electron chi connectivity index (χ4n) is 1.98. The van der Waals surface area contributed by atoms with Crippen LogP contribution in [0.1, 0.15) is 12.5 Å². The van der Waals surface area contributed by atoms with E-state index in [9.17, 15) is 4.79 Å². The molecule has 23 heavy (non-hydrogen) atoms. The van der Waals surface area contributed by atoms with Crippen LogP contribution in [0.3, 0.4) is 0 Å². The molecule has 0 radical (unpaired) electrons. The predicted molar refractivity (Wildman–Crippen MR) is 103 cm³/mol. The number of esters is 1. The topological polar surface area (TPSA) is 72.0 Å². The number of halogens is 1. The lowest BCUT2D eigenvalue weighted by Gasteiger charge is -2.15. The third-order valence-corrected chi connectivity index (χ3v) is 3.28. The van der Waals surface area contributed by atoms with E-state index in [1.807, 2.05) is 24.3 Å². The minimum atomic E-state index is -0.239. The van der Waals surface area contributed by atoms with Crippen LogP contribution >= 0.6 is 24.0 Å². The Bertz CT molecular complexity index is 509. The van der Waals surface area contributed by atoms with Crippen LogP contribution in [0.5, 0.6) is 5.75 Å². The number of nitrogens with zero attached hydrogens (tertiary/aromatic N) is 1. The van der Waals surface area contributed by atoms with Gasteiger partial charge in [0.05, 0.1) is 20.1 Å². The molecule has 0 saturated carbocycles. The summed E-state index contributed by atoms with van der Waals surface area (Å²) in [5, 5.41) is 6.32. The minimum Gasteiger partial charge on any atom is -0.496 e. The number of carbonyl (C=O) groups excluding carboxylic acids is 1.